The Hall–Kier alpha value is -6.28. The number of nitrogens with one attached hydrogen (secondary N) is 3. The summed E-state index contributed by atoms with van der Waals surface area (Å²) >= 11 is 0. The number of carboxylic acids is 1. The van der Waals surface area contributed by atoms with Crippen LogP contribution in [0, 0.1) is 5.92 Å². The predicted molar refractivity (Wildman–Crippen MR) is 230 cm³/mol. The van der Waals surface area contributed by atoms with Crippen LogP contribution in [0.4, 0.5) is 31.7 Å². The Kier molecular flexibility index (Phi) is 13.4. The molecular formula is C43H52F2N12O6. The van der Waals surface area contributed by atoms with Crippen LogP contribution in [0.2, 0.25) is 0 Å². The lowest BCUT2D eigenvalue weighted by Gasteiger charge is -2.33. The second kappa shape index (κ2) is 19.4. The van der Waals surface area contributed by atoms with Crippen molar-refractivity contribution in [1.82, 2.24) is 39.2 Å². The molecule has 3 aliphatic heterocycles. The summed E-state index contributed by atoms with van der Waals surface area (Å²) in [6.45, 7) is 3.31. The summed E-state index contributed by atoms with van der Waals surface area (Å²) in [5.74, 6) is -1.24. The van der Waals surface area contributed by atoms with Crippen molar-refractivity contribution in [3.63, 3.8) is 0 Å². The number of likely N-dealkylation sites (N-methyl/N-ethyl adjacent to an activating group) is 1. The number of pyridine rings is 2. The minimum absolute atomic E-state index is 0.0325. The van der Waals surface area contributed by atoms with Gasteiger partial charge in [0.05, 0.1) is 60.2 Å². The zero-order chi connectivity index (χ0) is 44.0. The van der Waals surface area contributed by atoms with Crippen LogP contribution < -0.4 is 31.3 Å². The third kappa shape index (κ3) is 10.2. The van der Waals surface area contributed by atoms with E-state index in [9.17, 15) is 28.0 Å². The largest absolute Gasteiger partial charge is 0.480 e. The lowest BCUT2D eigenvalue weighted by Crippen LogP contribution is -2.41. The van der Waals surface area contributed by atoms with Gasteiger partial charge in [-0.25, -0.2) is 18.3 Å². The molecule has 9 rings (SSSR count). The summed E-state index contributed by atoms with van der Waals surface area (Å²) in [6, 6.07) is 7.10. The molecule has 1 saturated carbocycles. The molecule has 0 aromatic carbocycles. The molecule has 63 heavy (non-hydrogen) atoms. The number of carboxylic acid groups (broad SMARTS) is 1. The number of fused-ring (bicyclic) bond motifs is 3. The molecule has 20 heteroatoms. The molecule has 5 aromatic heterocycles. The summed E-state index contributed by atoms with van der Waals surface area (Å²) in [6.07, 6.45) is 15.8. The highest BCUT2D eigenvalue weighted by Gasteiger charge is 2.40. The third-order valence-electron chi connectivity index (χ3n) is 12.1. The quantitative estimate of drug-likeness (QED) is 0.128. The minimum Gasteiger partial charge on any atom is -0.480 e. The summed E-state index contributed by atoms with van der Waals surface area (Å²) < 4.78 is 37.2. The van der Waals surface area contributed by atoms with Crippen LogP contribution in [0.3, 0.4) is 0 Å². The third-order valence-corrected chi connectivity index (χ3v) is 12.1. The lowest BCUT2D eigenvalue weighted by atomic mass is 9.96. The molecule has 5 aromatic rings. The van der Waals surface area contributed by atoms with Gasteiger partial charge in [-0.2, -0.15) is 10.2 Å². The molecule has 4 N–H and O–H groups in total. The number of hydrogen-bond donors (Lipinski definition) is 4. The van der Waals surface area contributed by atoms with Gasteiger partial charge >= 0.3 is 5.97 Å². The Labute approximate surface area is 361 Å². The molecule has 18 nitrogen and oxygen atoms in total. The van der Waals surface area contributed by atoms with E-state index in [1.165, 1.54) is 35.2 Å². The fourth-order valence-corrected chi connectivity index (χ4v) is 8.84. The van der Waals surface area contributed by atoms with Crippen molar-refractivity contribution in [2.45, 2.75) is 88.9 Å². The van der Waals surface area contributed by atoms with E-state index in [0.29, 0.717) is 24.5 Å². The first-order chi connectivity index (χ1) is 30.5. The van der Waals surface area contributed by atoms with E-state index < -0.39 is 36.1 Å². The van der Waals surface area contributed by atoms with Crippen LogP contribution in [0.1, 0.15) is 85.4 Å². The summed E-state index contributed by atoms with van der Waals surface area (Å²) in [4.78, 5) is 61.9. The number of amides is 2. The molecule has 2 bridgehead atoms. The predicted octanol–water partition coefficient (Wildman–Crippen LogP) is 4.54. The van der Waals surface area contributed by atoms with Crippen molar-refractivity contribution >= 4 is 46.3 Å². The number of rotatable bonds is 13. The number of hydrogen-bond acceptors (Lipinski definition) is 12. The number of piperidine rings is 1. The summed E-state index contributed by atoms with van der Waals surface area (Å²) in [5, 5.41) is 25.8. The Bertz CT molecular complexity index is 2490. The number of alkyl halides is 2. The maximum absolute atomic E-state index is 13.7. The van der Waals surface area contributed by atoms with Gasteiger partial charge in [-0.3, -0.25) is 28.8 Å². The zero-order valence-electron chi connectivity index (χ0n) is 35.0. The first-order valence-corrected chi connectivity index (χ1v) is 21.5. The van der Waals surface area contributed by atoms with Crippen LogP contribution in [0.5, 0.6) is 0 Å². The maximum Gasteiger partial charge on any atom is 0.323 e. The van der Waals surface area contributed by atoms with E-state index in [-0.39, 0.29) is 41.3 Å². The van der Waals surface area contributed by atoms with Crippen LogP contribution in [-0.4, -0.2) is 109 Å². The lowest BCUT2D eigenvalue weighted by molar-refractivity contribution is -0.137. The van der Waals surface area contributed by atoms with E-state index in [0.717, 1.165) is 99.1 Å². The Morgan fingerprint density at radius 3 is 2.57 bits per heavy atom. The molecule has 0 radical (unpaired) electrons. The van der Waals surface area contributed by atoms with E-state index >= 15 is 0 Å². The molecular weight excluding hydrogens is 819 g/mol. The van der Waals surface area contributed by atoms with E-state index in [1.807, 2.05) is 25.5 Å². The van der Waals surface area contributed by atoms with Crippen LogP contribution in [0.25, 0.3) is 5.65 Å². The number of ether oxygens (including phenoxy) is 1. The van der Waals surface area contributed by atoms with Crippen LogP contribution in [0.15, 0.2) is 66.2 Å². The zero-order valence-corrected chi connectivity index (χ0v) is 35.0. The standard InChI is InChI=1S/C22H25F2N7O2.C21H27N5O4/c23-20(24)19-17(11-31(28-19)13-4-2-1-3-5-13)26-22(32)16-9-25-30-7-6-18(27-21(16)30)29-10-15-8-14(29)12-33-15;1-22-7-6-15-9-18(11-23-10-15)25-8-2-3-16(12-25)21(30)24-17-4-5-19(27)26(13-17)14-20(28)29/h6-7,9,11,13-15,20H,1-5,8,10,12H2,(H,26,32);4-5,9-11,13,16,22H,2-3,6-8,12,14H2,1H3,(H,24,30)(H,28,29)/t14-,15-;/m1./s1. The van der Waals surface area contributed by atoms with Crippen LogP contribution in [-0.2, 0) is 27.3 Å². The molecule has 2 amide bonds. The van der Waals surface area contributed by atoms with Crippen molar-refractivity contribution in [2.75, 3.05) is 60.3 Å². The van der Waals surface area contributed by atoms with Gasteiger partial charge in [0.1, 0.15) is 17.9 Å². The number of carbonyl (C=O) groups excluding carboxylic acids is 2. The number of morpholine rings is 1. The highest BCUT2D eigenvalue weighted by atomic mass is 19.3. The van der Waals surface area contributed by atoms with Crippen molar-refractivity contribution in [3.8, 4) is 0 Å². The van der Waals surface area contributed by atoms with Gasteiger partial charge in [-0.05, 0) is 75.9 Å². The van der Waals surface area contributed by atoms with Gasteiger partial charge in [0.25, 0.3) is 17.9 Å². The Morgan fingerprint density at radius 2 is 1.83 bits per heavy atom. The molecule has 8 heterocycles. The summed E-state index contributed by atoms with van der Waals surface area (Å²) in [5.41, 5.74) is 2.37. The summed E-state index contributed by atoms with van der Waals surface area (Å²) in [7, 11) is 1.92. The number of halogens is 2. The minimum atomic E-state index is -2.79. The highest BCUT2D eigenvalue weighted by molar-refractivity contribution is 6.08. The second-order valence-corrected chi connectivity index (χ2v) is 16.5. The van der Waals surface area contributed by atoms with Crippen molar-refractivity contribution in [1.29, 1.82) is 0 Å². The van der Waals surface area contributed by atoms with Crippen molar-refractivity contribution in [3.05, 3.63) is 88.6 Å². The number of aromatic nitrogens is 7. The monoisotopic (exact) mass is 870 g/mol. The SMILES string of the molecule is CNCCc1cncc(N2CCCC(C(=O)Nc3ccc(=O)n(CC(=O)O)c3)C2)c1.O=C(Nc1cn(C2CCCCC2)nc1C(F)F)c1cnn2ccc(N3C[C@H]4C[C@@H]3CO4)nc12. The fourth-order valence-electron chi connectivity index (χ4n) is 8.84. The number of aliphatic carboxylic acids is 1. The second-order valence-electron chi connectivity index (χ2n) is 16.5. The normalized spacial score (nSPS) is 19.9. The molecule has 4 fully saturated rings. The first-order valence-electron chi connectivity index (χ1n) is 21.5. The van der Waals surface area contributed by atoms with Gasteiger partial charge in [0.2, 0.25) is 5.91 Å². The van der Waals surface area contributed by atoms with E-state index in [4.69, 9.17) is 9.84 Å². The van der Waals surface area contributed by atoms with Gasteiger partial charge in [0.15, 0.2) is 11.3 Å². The molecule has 1 aliphatic carbocycles. The van der Waals surface area contributed by atoms with E-state index in [2.05, 4.69) is 52.0 Å². The maximum atomic E-state index is 13.7. The number of nitrogens with zero attached hydrogens (tertiary/aromatic N) is 9. The number of anilines is 4. The smallest absolute Gasteiger partial charge is 0.323 e. The fraction of sp³-hybridized carbons (Fsp3) is 0.488. The van der Waals surface area contributed by atoms with Gasteiger partial charge in [-0.1, -0.05) is 19.3 Å². The van der Waals surface area contributed by atoms with Crippen LogP contribution >= 0.6 is 0 Å². The van der Waals surface area contributed by atoms with Crippen molar-refractivity contribution < 1.29 is 33.0 Å². The highest BCUT2D eigenvalue weighted by Crippen LogP contribution is 2.34. The van der Waals surface area contributed by atoms with Gasteiger partial charge in [0, 0.05) is 50.5 Å². The Morgan fingerprint density at radius 1 is 0.984 bits per heavy atom. The molecule has 3 saturated heterocycles. The molecule has 0 spiro atoms. The average molecular weight is 871 g/mol. The number of carbonyl (C=O) groups is 3. The first kappa shape index (κ1) is 43.4. The molecule has 3 atom stereocenters. The van der Waals surface area contributed by atoms with Gasteiger partial charge in [-0.15, -0.1) is 0 Å². The van der Waals surface area contributed by atoms with Gasteiger partial charge < -0.3 is 40.2 Å². The molecule has 334 valence electrons. The van der Waals surface area contributed by atoms with E-state index in [1.54, 1.807) is 10.9 Å². The van der Waals surface area contributed by atoms with Crippen molar-refractivity contribution in [2.24, 2.45) is 5.92 Å². The molecule has 1 unspecified atom stereocenters. The molecule has 4 aliphatic rings. The Balaban J connectivity index is 0.000000174. The topological polar surface area (TPSA) is 206 Å². The average Bonchev–Trinajstić information content (AvgIpc) is 4.12.